The summed E-state index contributed by atoms with van der Waals surface area (Å²) < 4.78 is 13.1. The van der Waals surface area contributed by atoms with E-state index in [2.05, 4.69) is 20.3 Å². The van der Waals surface area contributed by atoms with Gasteiger partial charge in [0, 0.05) is 5.39 Å². The molecule has 6 rings (SSSR count). The predicted molar refractivity (Wildman–Crippen MR) is 128 cm³/mol. The van der Waals surface area contributed by atoms with Gasteiger partial charge in [-0.15, -0.1) is 10.2 Å². The van der Waals surface area contributed by atoms with Crippen molar-refractivity contribution >= 4 is 33.6 Å². The van der Waals surface area contributed by atoms with Crippen molar-refractivity contribution in [1.82, 2.24) is 25.0 Å². The summed E-state index contributed by atoms with van der Waals surface area (Å²) >= 11 is 1.33. The highest BCUT2D eigenvalue weighted by molar-refractivity contribution is 7.98. The normalized spacial score (nSPS) is 11.4. The Balaban J connectivity index is 1.32. The van der Waals surface area contributed by atoms with Crippen LogP contribution in [0.25, 0.3) is 33.5 Å². The summed E-state index contributed by atoms with van der Waals surface area (Å²) in [6.07, 6.45) is 0. The van der Waals surface area contributed by atoms with Gasteiger partial charge in [-0.1, -0.05) is 72.4 Å². The van der Waals surface area contributed by atoms with Crippen molar-refractivity contribution in [2.45, 2.75) is 17.5 Å². The van der Waals surface area contributed by atoms with Crippen LogP contribution >= 0.6 is 11.8 Å². The Labute approximate surface area is 197 Å². The number of benzene rings is 3. The van der Waals surface area contributed by atoms with E-state index in [0.717, 1.165) is 16.7 Å². The SMILES string of the molecule is O=c1c2ccccc2c(-c2nnc(SCc3nc4ccccc4o3)o2)nn1Cc1ccccc1. The molecule has 0 aliphatic rings. The lowest BCUT2D eigenvalue weighted by molar-refractivity contribution is 0.461. The molecule has 0 radical (unpaired) electrons. The zero-order valence-electron chi connectivity index (χ0n) is 17.8. The van der Waals surface area contributed by atoms with E-state index in [4.69, 9.17) is 8.83 Å². The third-order valence-electron chi connectivity index (χ3n) is 5.31. The molecule has 0 fully saturated rings. The van der Waals surface area contributed by atoms with Gasteiger partial charge >= 0.3 is 0 Å². The Morgan fingerprint density at radius 3 is 2.44 bits per heavy atom. The van der Waals surface area contributed by atoms with Gasteiger partial charge in [0.25, 0.3) is 16.7 Å². The van der Waals surface area contributed by atoms with Gasteiger partial charge in [0.05, 0.1) is 17.7 Å². The number of aromatic nitrogens is 5. The third kappa shape index (κ3) is 3.86. The monoisotopic (exact) mass is 467 g/mol. The molecule has 0 atom stereocenters. The Bertz CT molecular complexity index is 1640. The Kier molecular flexibility index (Phi) is 5.15. The lowest BCUT2D eigenvalue weighted by atomic mass is 10.1. The van der Waals surface area contributed by atoms with Crippen molar-refractivity contribution in [3.8, 4) is 11.6 Å². The quantitative estimate of drug-likeness (QED) is 0.318. The summed E-state index contributed by atoms with van der Waals surface area (Å²) in [5.41, 5.74) is 2.81. The number of thioether (sulfide) groups is 1. The van der Waals surface area contributed by atoms with Crippen LogP contribution in [0.1, 0.15) is 11.5 Å². The first-order valence-electron chi connectivity index (χ1n) is 10.6. The van der Waals surface area contributed by atoms with Gasteiger partial charge < -0.3 is 8.83 Å². The van der Waals surface area contributed by atoms with E-state index in [9.17, 15) is 4.79 Å². The standard InChI is InChI=1S/C25H17N5O3S/c31-24-18-11-5-4-10-17(18)22(29-30(24)14-16-8-2-1-3-9-16)23-27-28-25(33-23)34-15-21-26-19-12-6-7-13-20(19)32-21/h1-13H,14-15H2. The lowest BCUT2D eigenvalue weighted by Gasteiger charge is -2.09. The maximum atomic E-state index is 13.1. The van der Waals surface area contributed by atoms with E-state index in [0.29, 0.717) is 39.9 Å². The van der Waals surface area contributed by atoms with Gasteiger partial charge in [0.1, 0.15) is 5.52 Å². The molecule has 34 heavy (non-hydrogen) atoms. The highest BCUT2D eigenvalue weighted by Gasteiger charge is 2.18. The maximum Gasteiger partial charge on any atom is 0.277 e. The van der Waals surface area contributed by atoms with E-state index in [1.54, 1.807) is 6.07 Å². The summed E-state index contributed by atoms with van der Waals surface area (Å²) in [7, 11) is 0. The average molecular weight is 468 g/mol. The number of nitrogens with zero attached hydrogens (tertiary/aromatic N) is 5. The molecule has 166 valence electrons. The van der Waals surface area contributed by atoms with Crippen molar-refractivity contribution in [2.24, 2.45) is 0 Å². The van der Waals surface area contributed by atoms with Crippen LogP contribution in [-0.2, 0) is 12.3 Å². The minimum atomic E-state index is -0.173. The van der Waals surface area contributed by atoms with Crippen LogP contribution in [0.15, 0.2) is 97.7 Å². The minimum absolute atomic E-state index is 0.173. The van der Waals surface area contributed by atoms with Crippen LogP contribution < -0.4 is 5.56 Å². The molecule has 9 heteroatoms. The van der Waals surface area contributed by atoms with Crippen LogP contribution in [0.2, 0.25) is 0 Å². The lowest BCUT2D eigenvalue weighted by Crippen LogP contribution is -2.24. The fourth-order valence-corrected chi connectivity index (χ4v) is 4.33. The van der Waals surface area contributed by atoms with E-state index < -0.39 is 0 Å². The van der Waals surface area contributed by atoms with Gasteiger partial charge in [-0.2, -0.15) is 5.10 Å². The van der Waals surface area contributed by atoms with Crippen molar-refractivity contribution < 1.29 is 8.83 Å². The Morgan fingerprint density at radius 1 is 0.824 bits per heavy atom. The molecule has 3 heterocycles. The number of fused-ring (bicyclic) bond motifs is 2. The molecule has 0 bridgehead atoms. The van der Waals surface area contributed by atoms with Crippen molar-refractivity contribution in [2.75, 3.05) is 0 Å². The van der Waals surface area contributed by atoms with Gasteiger partial charge in [-0.25, -0.2) is 9.67 Å². The summed E-state index contributed by atoms with van der Waals surface area (Å²) in [4.78, 5) is 17.5. The second kappa shape index (κ2) is 8.60. The molecule has 0 unspecified atom stereocenters. The average Bonchev–Trinajstić information content (AvgIpc) is 3.52. The van der Waals surface area contributed by atoms with Crippen LogP contribution in [0.3, 0.4) is 0 Å². The first-order chi connectivity index (χ1) is 16.7. The van der Waals surface area contributed by atoms with Gasteiger partial charge in [0.2, 0.25) is 5.89 Å². The first-order valence-corrected chi connectivity index (χ1v) is 11.6. The molecule has 0 aliphatic heterocycles. The molecule has 0 saturated heterocycles. The number of hydrogen-bond acceptors (Lipinski definition) is 8. The molecule has 3 aromatic heterocycles. The topological polar surface area (TPSA) is 99.8 Å². The molecule has 0 aliphatic carbocycles. The van der Waals surface area contributed by atoms with Gasteiger partial charge in [-0.3, -0.25) is 4.79 Å². The van der Waals surface area contributed by atoms with Crippen LogP contribution in [0.5, 0.6) is 0 Å². The van der Waals surface area contributed by atoms with E-state index in [1.807, 2.05) is 72.8 Å². The molecule has 3 aromatic carbocycles. The predicted octanol–water partition coefficient (Wildman–Crippen LogP) is 4.93. The second-order valence-electron chi connectivity index (χ2n) is 7.58. The van der Waals surface area contributed by atoms with Crippen LogP contribution in [0.4, 0.5) is 0 Å². The molecule has 6 aromatic rings. The zero-order valence-corrected chi connectivity index (χ0v) is 18.6. The molecule has 0 N–H and O–H groups in total. The van der Waals surface area contributed by atoms with Crippen LogP contribution in [0, 0.1) is 0 Å². The number of para-hydroxylation sites is 2. The summed E-state index contributed by atoms with van der Waals surface area (Å²) in [6, 6.07) is 24.6. The fraction of sp³-hybridized carbons (Fsp3) is 0.0800. The molecule has 8 nitrogen and oxygen atoms in total. The first kappa shape index (κ1) is 20.4. The number of hydrogen-bond donors (Lipinski definition) is 0. The van der Waals surface area contributed by atoms with Gasteiger partial charge in [-0.05, 0) is 23.8 Å². The molecular weight excluding hydrogens is 450 g/mol. The van der Waals surface area contributed by atoms with Crippen LogP contribution in [-0.4, -0.2) is 25.0 Å². The number of oxazole rings is 1. The highest BCUT2D eigenvalue weighted by Crippen LogP contribution is 2.28. The summed E-state index contributed by atoms with van der Waals surface area (Å²) in [6.45, 7) is 0.338. The second-order valence-corrected chi connectivity index (χ2v) is 8.51. The maximum absolute atomic E-state index is 13.1. The zero-order chi connectivity index (χ0) is 22.9. The number of rotatable bonds is 6. The van der Waals surface area contributed by atoms with E-state index >= 15 is 0 Å². The molecular formula is C25H17N5O3S. The van der Waals surface area contributed by atoms with Crippen molar-refractivity contribution in [3.05, 3.63) is 101 Å². The Hall–Kier alpha value is -4.24. The molecule has 0 saturated carbocycles. The smallest absolute Gasteiger partial charge is 0.277 e. The largest absolute Gasteiger partial charge is 0.440 e. The minimum Gasteiger partial charge on any atom is -0.440 e. The van der Waals surface area contributed by atoms with Gasteiger partial charge in [0.15, 0.2) is 11.3 Å². The summed E-state index contributed by atoms with van der Waals surface area (Å²) in [5, 5.41) is 14.5. The fourth-order valence-electron chi connectivity index (χ4n) is 3.73. The van der Waals surface area contributed by atoms with Crippen molar-refractivity contribution in [1.29, 1.82) is 0 Å². The van der Waals surface area contributed by atoms with E-state index in [-0.39, 0.29) is 11.4 Å². The summed E-state index contributed by atoms with van der Waals surface area (Å²) in [5.74, 6) is 1.27. The third-order valence-corrected chi connectivity index (χ3v) is 6.11. The molecule has 0 spiro atoms. The molecule has 0 amide bonds. The van der Waals surface area contributed by atoms with E-state index in [1.165, 1.54) is 16.4 Å². The Morgan fingerprint density at radius 2 is 1.59 bits per heavy atom. The van der Waals surface area contributed by atoms with Crippen molar-refractivity contribution in [3.63, 3.8) is 0 Å². The highest BCUT2D eigenvalue weighted by atomic mass is 32.2.